The number of amides is 3. The van der Waals surface area contributed by atoms with E-state index in [9.17, 15) is 9.59 Å². The quantitative estimate of drug-likeness (QED) is 0.647. The van der Waals surface area contributed by atoms with Crippen molar-refractivity contribution < 1.29 is 14.3 Å². The van der Waals surface area contributed by atoms with E-state index in [1.807, 2.05) is 24.3 Å². The van der Waals surface area contributed by atoms with E-state index in [-0.39, 0.29) is 5.91 Å². The zero-order chi connectivity index (χ0) is 18.5. The first-order valence-electron chi connectivity index (χ1n) is 8.11. The normalized spacial score (nSPS) is 15.0. The Morgan fingerprint density at radius 1 is 1.31 bits per heavy atom. The van der Waals surface area contributed by atoms with Crippen LogP contribution in [0.25, 0.3) is 10.4 Å². The van der Waals surface area contributed by atoms with Crippen LogP contribution in [0.1, 0.15) is 16.8 Å². The molecule has 0 bridgehead atoms. The number of urea groups is 1. The maximum absolute atomic E-state index is 12.6. The third-order valence-corrected chi connectivity index (χ3v) is 5.07. The average molecular weight is 372 g/mol. The highest BCUT2D eigenvalue weighted by atomic mass is 32.1. The first-order chi connectivity index (χ1) is 12.6. The van der Waals surface area contributed by atoms with Crippen LogP contribution in [0.15, 0.2) is 42.1 Å². The molecule has 26 heavy (non-hydrogen) atoms. The Morgan fingerprint density at radius 3 is 2.69 bits per heavy atom. The number of carbonyl (C=O) groups is 2. The van der Waals surface area contributed by atoms with Gasteiger partial charge >= 0.3 is 6.03 Å². The fourth-order valence-electron chi connectivity index (χ4n) is 2.62. The van der Waals surface area contributed by atoms with E-state index in [0.717, 1.165) is 41.3 Å². The molecule has 2 aromatic rings. The number of hydrogen-bond donors (Lipinski definition) is 4. The molecule has 7 nitrogen and oxygen atoms in total. The SMILES string of the molecule is COc1ccc(-c2cc(C(=O)NC=C3CCNC3)c(NC(N)=O)s2)cc1. The van der Waals surface area contributed by atoms with Crippen molar-refractivity contribution in [3.8, 4) is 16.2 Å². The zero-order valence-electron chi connectivity index (χ0n) is 14.3. The van der Waals surface area contributed by atoms with Crippen LogP contribution in [0.2, 0.25) is 0 Å². The fourth-order valence-corrected chi connectivity index (χ4v) is 3.68. The van der Waals surface area contributed by atoms with E-state index < -0.39 is 6.03 Å². The van der Waals surface area contributed by atoms with E-state index in [1.165, 1.54) is 11.3 Å². The minimum Gasteiger partial charge on any atom is -0.497 e. The van der Waals surface area contributed by atoms with Crippen molar-refractivity contribution in [2.24, 2.45) is 5.73 Å². The van der Waals surface area contributed by atoms with Crippen molar-refractivity contribution >= 4 is 28.3 Å². The topological polar surface area (TPSA) is 105 Å². The molecule has 136 valence electrons. The highest BCUT2D eigenvalue weighted by Crippen LogP contribution is 2.36. The number of ether oxygens (including phenoxy) is 1. The third-order valence-electron chi connectivity index (χ3n) is 3.97. The highest BCUT2D eigenvalue weighted by Gasteiger charge is 2.18. The molecule has 3 amide bonds. The number of benzene rings is 1. The standard InChI is InChI=1S/C18H20N4O3S/c1-25-13-4-2-12(3-5-13)15-8-14(17(26-15)22-18(19)24)16(23)21-10-11-6-7-20-9-11/h2-5,8,10,20H,6-7,9H2,1H3,(H,21,23)(H3,19,22,24). The first-order valence-corrected chi connectivity index (χ1v) is 8.92. The van der Waals surface area contributed by atoms with Gasteiger partial charge < -0.3 is 21.1 Å². The van der Waals surface area contributed by atoms with Crippen molar-refractivity contribution in [3.05, 3.63) is 47.7 Å². The Hall–Kier alpha value is -2.84. The van der Waals surface area contributed by atoms with Gasteiger partial charge in [-0.3, -0.25) is 10.1 Å². The number of methoxy groups -OCH3 is 1. The summed E-state index contributed by atoms with van der Waals surface area (Å²) in [5.41, 5.74) is 7.67. The maximum atomic E-state index is 12.6. The summed E-state index contributed by atoms with van der Waals surface area (Å²) in [7, 11) is 1.60. The van der Waals surface area contributed by atoms with Crippen LogP contribution in [0.5, 0.6) is 5.75 Å². The number of primary amides is 1. The molecule has 2 heterocycles. The molecule has 3 rings (SSSR count). The lowest BCUT2D eigenvalue weighted by Crippen LogP contribution is -2.23. The number of carbonyl (C=O) groups excluding carboxylic acids is 2. The molecule has 0 unspecified atom stereocenters. The second-order valence-electron chi connectivity index (χ2n) is 5.77. The first kappa shape index (κ1) is 18.0. The van der Waals surface area contributed by atoms with Gasteiger partial charge in [0.2, 0.25) is 0 Å². The van der Waals surface area contributed by atoms with Gasteiger partial charge in [0.05, 0.1) is 12.7 Å². The van der Waals surface area contributed by atoms with Gasteiger partial charge in [-0.2, -0.15) is 0 Å². The van der Waals surface area contributed by atoms with Gasteiger partial charge in [0.25, 0.3) is 5.91 Å². The molecule has 1 aliphatic heterocycles. The Kier molecular flexibility index (Phi) is 5.55. The lowest BCUT2D eigenvalue weighted by Gasteiger charge is -2.03. The molecule has 1 saturated heterocycles. The summed E-state index contributed by atoms with van der Waals surface area (Å²) < 4.78 is 5.16. The number of nitrogens with two attached hydrogens (primary N) is 1. The fraction of sp³-hybridized carbons (Fsp3) is 0.222. The van der Waals surface area contributed by atoms with Gasteiger partial charge in [-0.05, 0) is 54.4 Å². The number of hydrogen-bond acceptors (Lipinski definition) is 5. The third kappa shape index (κ3) is 4.22. The van der Waals surface area contributed by atoms with Crippen LogP contribution < -0.4 is 26.4 Å². The predicted octanol–water partition coefficient (Wildman–Crippen LogP) is 2.52. The molecular weight excluding hydrogens is 352 g/mol. The van der Waals surface area contributed by atoms with Crippen LogP contribution in [0, 0.1) is 0 Å². The highest BCUT2D eigenvalue weighted by molar-refractivity contribution is 7.20. The van der Waals surface area contributed by atoms with E-state index in [0.29, 0.717) is 10.6 Å². The summed E-state index contributed by atoms with van der Waals surface area (Å²) >= 11 is 1.29. The second-order valence-corrected chi connectivity index (χ2v) is 6.83. The van der Waals surface area contributed by atoms with E-state index in [4.69, 9.17) is 10.5 Å². The molecular formula is C18H20N4O3S. The number of anilines is 1. The Labute approximate surface area is 155 Å². The predicted molar refractivity (Wildman–Crippen MR) is 103 cm³/mol. The van der Waals surface area contributed by atoms with Gasteiger partial charge in [-0.15, -0.1) is 11.3 Å². The number of rotatable bonds is 5. The molecule has 8 heteroatoms. The summed E-state index contributed by atoms with van der Waals surface area (Å²) in [6, 6.07) is 8.51. The largest absolute Gasteiger partial charge is 0.497 e. The van der Waals surface area contributed by atoms with Crippen LogP contribution in [0.4, 0.5) is 9.80 Å². The van der Waals surface area contributed by atoms with Crippen molar-refractivity contribution in [1.82, 2.24) is 10.6 Å². The summed E-state index contributed by atoms with van der Waals surface area (Å²) in [4.78, 5) is 24.7. The second kappa shape index (κ2) is 8.03. The average Bonchev–Trinajstić information content (AvgIpc) is 3.29. The minimum atomic E-state index is -0.708. The van der Waals surface area contributed by atoms with Gasteiger partial charge in [0, 0.05) is 17.6 Å². The van der Waals surface area contributed by atoms with Gasteiger partial charge in [-0.25, -0.2) is 4.79 Å². The Balaban J connectivity index is 1.86. The zero-order valence-corrected chi connectivity index (χ0v) is 15.1. The maximum Gasteiger partial charge on any atom is 0.317 e. The van der Waals surface area contributed by atoms with Crippen molar-refractivity contribution in [3.63, 3.8) is 0 Å². The van der Waals surface area contributed by atoms with E-state index >= 15 is 0 Å². The molecule has 1 aliphatic rings. The molecule has 0 aliphatic carbocycles. The summed E-state index contributed by atoms with van der Waals surface area (Å²) in [5.74, 6) is 0.458. The molecule has 1 fully saturated rings. The molecule has 1 aromatic carbocycles. The van der Waals surface area contributed by atoms with Gasteiger partial charge in [0.1, 0.15) is 10.8 Å². The van der Waals surface area contributed by atoms with Crippen molar-refractivity contribution in [2.45, 2.75) is 6.42 Å². The summed E-state index contributed by atoms with van der Waals surface area (Å²) in [6.45, 7) is 1.68. The Morgan fingerprint density at radius 2 is 2.08 bits per heavy atom. The number of thiophene rings is 1. The Bertz CT molecular complexity index is 835. The summed E-state index contributed by atoms with van der Waals surface area (Å²) in [5, 5.41) is 8.95. The smallest absolute Gasteiger partial charge is 0.317 e. The lowest BCUT2D eigenvalue weighted by molar-refractivity contribution is 0.0971. The lowest BCUT2D eigenvalue weighted by atomic mass is 10.1. The summed E-state index contributed by atoms with van der Waals surface area (Å²) in [6.07, 6.45) is 2.63. The molecule has 5 N–H and O–H groups in total. The van der Waals surface area contributed by atoms with Gasteiger partial charge in [0.15, 0.2) is 0 Å². The monoisotopic (exact) mass is 372 g/mol. The molecule has 0 saturated carbocycles. The van der Waals surface area contributed by atoms with Crippen LogP contribution >= 0.6 is 11.3 Å². The molecule has 1 aromatic heterocycles. The van der Waals surface area contributed by atoms with E-state index in [1.54, 1.807) is 19.4 Å². The van der Waals surface area contributed by atoms with E-state index in [2.05, 4.69) is 16.0 Å². The van der Waals surface area contributed by atoms with Crippen molar-refractivity contribution in [1.29, 1.82) is 0 Å². The van der Waals surface area contributed by atoms with Gasteiger partial charge in [-0.1, -0.05) is 0 Å². The molecule has 0 radical (unpaired) electrons. The molecule has 0 spiro atoms. The van der Waals surface area contributed by atoms with Crippen molar-refractivity contribution in [2.75, 3.05) is 25.5 Å². The molecule has 0 atom stereocenters. The number of nitrogens with one attached hydrogen (secondary N) is 3. The minimum absolute atomic E-state index is 0.288. The van der Waals surface area contributed by atoms with Crippen LogP contribution in [-0.2, 0) is 0 Å². The van der Waals surface area contributed by atoms with Crippen LogP contribution in [-0.4, -0.2) is 32.1 Å². The van der Waals surface area contributed by atoms with Crippen LogP contribution in [0.3, 0.4) is 0 Å².